The average molecular weight is 236 g/mol. The van der Waals surface area contributed by atoms with Crippen molar-refractivity contribution in [3.8, 4) is 0 Å². The highest BCUT2D eigenvalue weighted by Gasteiger charge is 2.35. The molecular weight excluding hydrogens is 216 g/mol. The Morgan fingerprint density at radius 1 is 1.35 bits per heavy atom. The Morgan fingerprint density at radius 2 is 2.00 bits per heavy atom. The van der Waals surface area contributed by atoms with Gasteiger partial charge in [0.15, 0.2) is 5.82 Å². The molecule has 17 heavy (non-hydrogen) atoms. The van der Waals surface area contributed by atoms with Crippen LogP contribution in [0, 0.1) is 0 Å². The van der Waals surface area contributed by atoms with E-state index in [1.54, 1.807) is 0 Å². The smallest absolute Gasteiger partial charge is 0.150 e. The van der Waals surface area contributed by atoms with Gasteiger partial charge in [-0.3, -0.25) is 4.68 Å². The summed E-state index contributed by atoms with van der Waals surface area (Å²) in [5.74, 6) is 1.07. The summed E-state index contributed by atoms with van der Waals surface area (Å²) in [6.45, 7) is 3.98. The zero-order valence-electron chi connectivity index (χ0n) is 10.5. The number of anilines is 2. The second-order valence-electron chi connectivity index (χ2n) is 5.02. The van der Waals surface area contributed by atoms with E-state index in [1.807, 2.05) is 11.7 Å². The Balaban J connectivity index is 1.91. The summed E-state index contributed by atoms with van der Waals surface area (Å²) in [5, 5.41) is 4.48. The van der Waals surface area contributed by atoms with Crippen LogP contribution >= 0.6 is 0 Å². The van der Waals surface area contributed by atoms with Crippen molar-refractivity contribution in [1.29, 1.82) is 0 Å². The summed E-state index contributed by atoms with van der Waals surface area (Å²) in [5.41, 5.74) is 8.04. The summed E-state index contributed by atoms with van der Waals surface area (Å²) in [7, 11) is 1.97. The molecule has 2 aliphatic heterocycles. The molecule has 0 radical (unpaired) electrons. The maximum Gasteiger partial charge on any atom is 0.150 e. The Hall–Kier alpha value is -1.23. The summed E-state index contributed by atoms with van der Waals surface area (Å²) in [6.07, 6.45) is 4.01. The highest BCUT2D eigenvalue weighted by molar-refractivity contribution is 5.66. The van der Waals surface area contributed by atoms with Gasteiger partial charge in [-0.15, -0.1) is 0 Å². The number of nitrogens with two attached hydrogens (primary N) is 1. The lowest BCUT2D eigenvalue weighted by Gasteiger charge is -2.33. The number of aryl methyl sites for hydroxylation is 2. The molecule has 0 amide bonds. The quantitative estimate of drug-likeness (QED) is 0.830. The van der Waals surface area contributed by atoms with Crippen LogP contribution in [0.4, 0.5) is 11.5 Å². The molecule has 0 aromatic carbocycles. The summed E-state index contributed by atoms with van der Waals surface area (Å²) in [4.78, 5) is 2.34. The molecule has 2 aliphatic rings. The van der Waals surface area contributed by atoms with E-state index in [9.17, 15) is 0 Å². The van der Waals surface area contributed by atoms with Crippen molar-refractivity contribution >= 4 is 11.5 Å². The van der Waals surface area contributed by atoms with Crippen LogP contribution in [0.25, 0.3) is 0 Å². The SMILES string of the molecule is CCc1nn(C)c(N2CC3CCC(C2)O3)c1N. The van der Waals surface area contributed by atoms with E-state index < -0.39 is 0 Å². The molecule has 2 fully saturated rings. The normalized spacial score (nSPS) is 27.8. The number of rotatable bonds is 2. The first kappa shape index (κ1) is 10.9. The van der Waals surface area contributed by atoms with Crippen molar-refractivity contribution < 1.29 is 4.74 Å². The molecule has 2 unspecified atom stereocenters. The Kier molecular flexibility index (Phi) is 2.50. The summed E-state index contributed by atoms with van der Waals surface area (Å²) >= 11 is 0. The molecule has 2 saturated heterocycles. The van der Waals surface area contributed by atoms with Gasteiger partial charge in [0.25, 0.3) is 0 Å². The van der Waals surface area contributed by atoms with E-state index in [1.165, 1.54) is 12.8 Å². The van der Waals surface area contributed by atoms with E-state index in [2.05, 4.69) is 16.9 Å². The van der Waals surface area contributed by atoms with E-state index >= 15 is 0 Å². The fourth-order valence-electron chi connectivity index (χ4n) is 3.01. The van der Waals surface area contributed by atoms with E-state index in [0.717, 1.165) is 36.7 Å². The predicted molar refractivity (Wildman–Crippen MR) is 67.1 cm³/mol. The molecule has 5 nitrogen and oxygen atoms in total. The van der Waals surface area contributed by atoms with E-state index in [0.29, 0.717) is 12.2 Å². The molecule has 0 saturated carbocycles. The van der Waals surface area contributed by atoms with Crippen molar-refractivity contribution in [3.05, 3.63) is 5.69 Å². The van der Waals surface area contributed by atoms with Gasteiger partial charge in [-0.05, 0) is 19.3 Å². The number of nitrogen functional groups attached to an aromatic ring is 1. The topological polar surface area (TPSA) is 56.3 Å². The molecule has 1 aromatic heterocycles. The number of nitrogens with zero attached hydrogens (tertiary/aromatic N) is 3. The monoisotopic (exact) mass is 236 g/mol. The maximum absolute atomic E-state index is 6.19. The number of ether oxygens (including phenoxy) is 1. The molecule has 2 bridgehead atoms. The first-order valence-corrected chi connectivity index (χ1v) is 6.40. The Labute approximate surface area is 102 Å². The van der Waals surface area contributed by atoms with Crippen molar-refractivity contribution in [2.75, 3.05) is 23.7 Å². The van der Waals surface area contributed by atoms with Gasteiger partial charge >= 0.3 is 0 Å². The van der Waals surface area contributed by atoms with Gasteiger partial charge < -0.3 is 15.4 Å². The third kappa shape index (κ3) is 1.69. The standard InChI is InChI=1S/C12H20N4O/c1-3-10-11(13)12(15(2)14-10)16-6-8-4-5-9(7-16)17-8/h8-9H,3-7,13H2,1-2H3. The second kappa shape index (κ2) is 3.91. The fourth-order valence-corrected chi connectivity index (χ4v) is 3.01. The highest BCUT2D eigenvalue weighted by atomic mass is 16.5. The molecule has 2 N–H and O–H groups in total. The van der Waals surface area contributed by atoms with Crippen LogP contribution < -0.4 is 10.6 Å². The molecule has 5 heteroatoms. The largest absolute Gasteiger partial charge is 0.394 e. The van der Waals surface area contributed by atoms with Crippen molar-refractivity contribution in [2.24, 2.45) is 7.05 Å². The number of aromatic nitrogens is 2. The van der Waals surface area contributed by atoms with Crippen molar-refractivity contribution in [3.63, 3.8) is 0 Å². The van der Waals surface area contributed by atoms with Crippen LogP contribution in [0.15, 0.2) is 0 Å². The minimum atomic E-state index is 0.383. The Morgan fingerprint density at radius 3 is 2.53 bits per heavy atom. The lowest BCUT2D eigenvalue weighted by molar-refractivity contribution is 0.0300. The molecular formula is C12H20N4O. The highest BCUT2D eigenvalue weighted by Crippen LogP contribution is 2.33. The lowest BCUT2D eigenvalue weighted by Crippen LogP contribution is -2.43. The summed E-state index contributed by atoms with van der Waals surface area (Å²) < 4.78 is 7.77. The van der Waals surface area contributed by atoms with Gasteiger partial charge in [-0.1, -0.05) is 6.92 Å². The molecule has 3 rings (SSSR count). The number of fused-ring (bicyclic) bond motifs is 2. The van der Waals surface area contributed by atoms with Crippen LogP contribution in [-0.2, 0) is 18.2 Å². The van der Waals surface area contributed by atoms with Gasteiger partial charge in [0.2, 0.25) is 0 Å². The average Bonchev–Trinajstić information content (AvgIpc) is 2.79. The molecule has 0 aliphatic carbocycles. The van der Waals surface area contributed by atoms with Crippen molar-refractivity contribution in [1.82, 2.24) is 9.78 Å². The molecule has 1 aromatic rings. The maximum atomic E-state index is 6.19. The third-order valence-corrected chi connectivity index (χ3v) is 3.81. The minimum absolute atomic E-state index is 0.383. The van der Waals surface area contributed by atoms with Gasteiger partial charge in [0.1, 0.15) is 0 Å². The van der Waals surface area contributed by atoms with Crippen LogP contribution in [-0.4, -0.2) is 35.1 Å². The zero-order valence-corrected chi connectivity index (χ0v) is 10.5. The van der Waals surface area contributed by atoms with E-state index in [-0.39, 0.29) is 0 Å². The van der Waals surface area contributed by atoms with Crippen molar-refractivity contribution in [2.45, 2.75) is 38.4 Å². The van der Waals surface area contributed by atoms with Crippen LogP contribution in [0.5, 0.6) is 0 Å². The molecule has 94 valence electrons. The Bertz CT molecular complexity index is 416. The second-order valence-corrected chi connectivity index (χ2v) is 5.02. The minimum Gasteiger partial charge on any atom is -0.394 e. The van der Waals surface area contributed by atoms with E-state index in [4.69, 9.17) is 10.5 Å². The summed E-state index contributed by atoms with van der Waals surface area (Å²) in [6, 6.07) is 0. The zero-order chi connectivity index (χ0) is 12.0. The van der Waals surface area contributed by atoms with Gasteiger partial charge in [0.05, 0.1) is 23.6 Å². The van der Waals surface area contributed by atoms with Crippen LogP contribution in [0.3, 0.4) is 0 Å². The predicted octanol–water partition coefficient (Wildman–Crippen LogP) is 0.932. The molecule has 0 spiro atoms. The van der Waals surface area contributed by atoms with Gasteiger partial charge in [0, 0.05) is 20.1 Å². The number of hydrogen-bond acceptors (Lipinski definition) is 4. The first-order chi connectivity index (χ1) is 8.19. The lowest BCUT2D eigenvalue weighted by atomic mass is 10.2. The molecule has 3 heterocycles. The third-order valence-electron chi connectivity index (χ3n) is 3.81. The number of hydrogen-bond donors (Lipinski definition) is 1. The first-order valence-electron chi connectivity index (χ1n) is 6.40. The van der Waals surface area contributed by atoms with Crippen LogP contribution in [0.1, 0.15) is 25.5 Å². The van der Waals surface area contributed by atoms with Gasteiger partial charge in [-0.25, -0.2) is 0 Å². The van der Waals surface area contributed by atoms with Crippen LogP contribution in [0.2, 0.25) is 0 Å². The molecule has 2 atom stereocenters. The number of morpholine rings is 1. The fraction of sp³-hybridized carbons (Fsp3) is 0.750. The van der Waals surface area contributed by atoms with Gasteiger partial charge in [-0.2, -0.15) is 5.10 Å².